The number of nitrogens with zero attached hydrogens (tertiary/aromatic N) is 1. The number of ketones is 1. The highest BCUT2D eigenvalue weighted by Gasteiger charge is 2.14. The average Bonchev–Trinajstić information content (AvgIpc) is 3.30. The van der Waals surface area contributed by atoms with Crippen molar-refractivity contribution in [3.8, 4) is 22.8 Å². The Bertz CT molecular complexity index is 1020. The zero-order valence-electron chi connectivity index (χ0n) is 14.6. The third-order valence-corrected chi connectivity index (χ3v) is 4.47. The fraction of sp³-hybridized carbons (Fsp3) is 0.143. The number of carbonyl (C=O) groups is 1. The average molecular weight is 346 g/mol. The third kappa shape index (κ3) is 3.11. The van der Waals surface area contributed by atoms with Crippen LogP contribution >= 0.6 is 0 Å². The molecule has 5 heteroatoms. The molecule has 0 unspecified atom stereocenters. The molecule has 26 heavy (non-hydrogen) atoms. The zero-order chi connectivity index (χ0) is 18.1. The number of hydrogen-bond donors (Lipinski definition) is 1. The van der Waals surface area contributed by atoms with E-state index in [9.17, 15) is 4.79 Å². The van der Waals surface area contributed by atoms with Crippen LogP contribution in [-0.4, -0.2) is 22.8 Å². The fourth-order valence-electron chi connectivity index (χ4n) is 2.78. The molecule has 0 radical (unpaired) electrons. The van der Waals surface area contributed by atoms with Crippen LogP contribution in [0.15, 0.2) is 48.5 Å². The van der Waals surface area contributed by atoms with Crippen LogP contribution in [-0.2, 0) is 0 Å². The largest absolute Gasteiger partial charge is 0.454 e. The van der Waals surface area contributed by atoms with Crippen molar-refractivity contribution >= 4 is 11.9 Å². The number of hydrogen-bond acceptors (Lipinski definition) is 4. The van der Waals surface area contributed by atoms with E-state index in [2.05, 4.69) is 10.2 Å². The first kappa shape index (κ1) is 16.1. The van der Waals surface area contributed by atoms with Gasteiger partial charge >= 0.3 is 0 Å². The topological polar surface area (TPSA) is 64.2 Å². The Balaban J connectivity index is 1.52. The summed E-state index contributed by atoms with van der Waals surface area (Å²) < 4.78 is 10.7. The lowest BCUT2D eigenvalue weighted by Crippen LogP contribution is -1.95. The molecule has 0 saturated heterocycles. The van der Waals surface area contributed by atoms with Crippen molar-refractivity contribution in [2.45, 2.75) is 13.8 Å². The second kappa shape index (κ2) is 6.52. The minimum atomic E-state index is -0.0349. The summed E-state index contributed by atoms with van der Waals surface area (Å²) in [5.74, 6) is 1.42. The summed E-state index contributed by atoms with van der Waals surface area (Å²) >= 11 is 0. The molecule has 3 aromatic rings. The van der Waals surface area contributed by atoms with Gasteiger partial charge in [0, 0.05) is 11.1 Å². The summed E-state index contributed by atoms with van der Waals surface area (Å²) in [4.78, 5) is 12.3. The number of carbonyl (C=O) groups excluding carboxylic acids is 1. The molecule has 4 rings (SSSR count). The standard InChI is InChI=1S/C21H18N2O3/c1-13-3-4-16(9-14(13)2)19(24)7-6-17-11-18(23-22-17)15-5-8-20-21(10-15)26-12-25-20/h3-11H,12H2,1-2H3,(H,22,23). The molecule has 1 aliphatic heterocycles. The lowest BCUT2D eigenvalue weighted by atomic mass is 10.0. The summed E-state index contributed by atoms with van der Waals surface area (Å²) in [7, 11) is 0. The van der Waals surface area contributed by atoms with E-state index >= 15 is 0 Å². The Morgan fingerprint density at radius 1 is 1.04 bits per heavy atom. The van der Waals surface area contributed by atoms with Crippen molar-refractivity contribution in [1.82, 2.24) is 10.2 Å². The van der Waals surface area contributed by atoms with Gasteiger partial charge in [0.25, 0.3) is 0 Å². The number of benzene rings is 2. The Labute approximate surface area is 151 Å². The highest BCUT2D eigenvalue weighted by Crippen LogP contribution is 2.35. The van der Waals surface area contributed by atoms with Crippen molar-refractivity contribution in [2.24, 2.45) is 0 Å². The van der Waals surface area contributed by atoms with Gasteiger partial charge < -0.3 is 9.47 Å². The van der Waals surface area contributed by atoms with E-state index < -0.39 is 0 Å². The van der Waals surface area contributed by atoms with Crippen LogP contribution in [0.2, 0.25) is 0 Å². The molecule has 130 valence electrons. The first-order valence-corrected chi connectivity index (χ1v) is 8.35. The van der Waals surface area contributed by atoms with Gasteiger partial charge in [-0.1, -0.05) is 12.1 Å². The number of aromatic nitrogens is 2. The van der Waals surface area contributed by atoms with Gasteiger partial charge in [0.15, 0.2) is 17.3 Å². The van der Waals surface area contributed by atoms with Gasteiger partial charge in [-0.05, 0) is 67.5 Å². The molecule has 2 aromatic carbocycles. The van der Waals surface area contributed by atoms with Gasteiger partial charge in [-0.25, -0.2) is 0 Å². The number of allylic oxidation sites excluding steroid dienone is 1. The third-order valence-electron chi connectivity index (χ3n) is 4.47. The first-order valence-electron chi connectivity index (χ1n) is 8.35. The van der Waals surface area contributed by atoms with Gasteiger partial charge in [0.2, 0.25) is 6.79 Å². The molecule has 0 saturated carbocycles. The van der Waals surface area contributed by atoms with E-state index in [4.69, 9.17) is 9.47 Å². The Kier molecular flexibility index (Phi) is 4.05. The number of fused-ring (bicyclic) bond motifs is 1. The first-order chi connectivity index (χ1) is 12.6. The molecule has 1 aliphatic rings. The second-order valence-corrected chi connectivity index (χ2v) is 6.27. The van der Waals surface area contributed by atoms with Crippen LogP contribution in [0.5, 0.6) is 11.5 Å². The van der Waals surface area contributed by atoms with E-state index in [0.29, 0.717) is 11.3 Å². The van der Waals surface area contributed by atoms with Crippen molar-refractivity contribution in [3.05, 3.63) is 70.9 Å². The van der Waals surface area contributed by atoms with Gasteiger partial charge in [-0.2, -0.15) is 5.10 Å². The Hall–Kier alpha value is -3.34. The molecule has 0 amide bonds. The number of nitrogens with one attached hydrogen (secondary N) is 1. The molecular weight excluding hydrogens is 328 g/mol. The van der Waals surface area contributed by atoms with Crippen LogP contribution < -0.4 is 9.47 Å². The van der Waals surface area contributed by atoms with Crippen molar-refractivity contribution in [2.75, 3.05) is 6.79 Å². The van der Waals surface area contributed by atoms with E-state index in [1.807, 2.05) is 56.3 Å². The highest BCUT2D eigenvalue weighted by molar-refractivity contribution is 6.06. The number of aryl methyl sites for hydroxylation is 2. The SMILES string of the molecule is Cc1ccc(C(=O)C=Cc2cc(-c3ccc4c(c3)OCO4)n[nH]2)cc1C. The molecule has 0 bridgehead atoms. The van der Waals surface area contributed by atoms with Crippen molar-refractivity contribution in [3.63, 3.8) is 0 Å². The maximum Gasteiger partial charge on any atom is 0.231 e. The smallest absolute Gasteiger partial charge is 0.231 e. The maximum atomic E-state index is 12.3. The second-order valence-electron chi connectivity index (χ2n) is 6.27. The van der Waals surface area contributed by atoms with Gasteiger partial charge in [0.05, 0.1) is 11.4 Å². The lowest BCUT2D eigenvalue weighted by Gasteiger charge is -2.01. The number of H-pyrrole nitrogens is 1. The quantitative estimate of drug-likeness (QED) is 0.564. The maximum absolute atomic E-state index is 12.3. The minimum Gasteiger partial charge on any atom is -0.454 e. The lowest BCUT2D eigenvalue weighted by molar-refractivity contribution is 0.104. The van der Waals surface area contributed by atoms with Crippen LogP contribution in [0, 0.1) is 13.8 Å². The minimum absolute atomic E-state index is 0.0349. The summed E-state index contributed by atoms with van der Waals surface area (Å²) in [5.41, 5.74) is 5.42. The van der Waals surface area contributed by atoms with E-state index in [1.54, 1.807) is 12.2 Å². The summed E-state index contributed by atoms with van der Waals surface area (Å²) in [6.45, 7) is 4.28. The zero-order valence-corrected chi connectivity index (χ0v) is 14.6. The van der Waals surface area contributed by atoms with Crippen LogP contribution in [0.3, 0.4) is 0 Å². The highest BCUT2D eigenvalue weighted by atomic mass is 16.7. The Morgan fingerprint density at radius 2 is 1.88 bits per heavy atom. The van der Waals surface area contributed by atoms with Gasteiger partial charge in [-0.15, -0.1) is 0 Å². The molecular formula is C21H18N2O3. The van der Waals surface area contributed by atoms with E-state index in [-0.39, 0.29) is 12.6 Å². The molecule has 5 nitrogen and oxygen atoms in total. The number of aromatic amines is 1. The number of ether oxygens (including phenoxy) is 2. The summed E-state index contributed by atoms with van der Waals surface area (Å²) in [5, 5.41) is 7.24. The predicted octanol–water partition coefficient (Wildman–Crippen LogP) is 4.32. The van der Waals surface area contributed by atoms with Gasteiger partial charge in [0.1, 0.15) is 0 Å². The molecule has 0 fully saturated rings. The summed E-state index contributed by atoms with van der Waals surface area (Å²) in [6, 6.07) is 13.3. The Morgan fingerprint density at radius 3 is 2.73 bits per heavy atom. The van der Waals surface area contributed by atoms with E-state index in [1.165, 1.54) is 5.56 Å². The molecule has 1 aromatic heterocycles. The van der Waals surface area contributed by atoms with Crippen LogP contribution in [0.4, 0.5) is 0 Å². The fourth-order valence-corrected chi connectivity index (χ4v) is 2.78. The normalized spacial score (nSPS) is 12.7. The van der Waals surface area contributed by atoms with E-state index in [0.717, 1.165) is 28.3 Å². The molecule has 2 heterocycles. The predicted molar refractivity (Wildman–Crippen MR) is 99.4 cm³/mol. The molecule has 0 atom stereocenters. The van der Waals surface area contributed by atoms with Gasteiger partial charge in [-0.3, -0.25) is 9.89 Å². The van der Waals surface area contributed by atoms with Crippen LogP contribution in [0.1, 0.15) is 27.2 Å². The van der Waals surface area contributed by atoms with Crippen LogP contribution in [0.25, 0.3) is 17.3 Å². The van der Waals surface area contributed by atoms with Crippen molar-refractivity contribution < 1.29 is 14.3 Å². The molecule has 1 N–H and O–H groups in total. The monoisotopic (exact) mass is 346 g/mol. The number of rotatable bonds is 4. The summed E-state index contributed by atoms with van der Waals surface area (Å²) in [6.07, 6.45) is 3.29. The molecule has 0 aliphatic carbocycles. The van der Waals surface area contributed by atoms with Crippen molar-refractivity contribution in [1.29, 1.82) is 0 Å². The molecule has 0 spiro atoms.